The van der Waals surface area contributed by atoms with Crippen LogP contribution in [-0.4, -0.2) is 62.0 Å². The molecule has 2 aromatic carbocycles. The first-order valence-electron chi connectivity index (χ1n) is 17.0. The van der Waals surface area contributed by atoms with Gasteiger partial charge in [0.1, 0.15) is 0 Å². The number of rotatable bonds is 16. The van der Waals surface area contributed by atoms with Gasteiger partial charge in [0.2, 0.25) is 12.3 Å². The molecule has 2 fully saturated rings. The van der Waals surface area contributed by atoms with E-state index in [0.29, 0.717) is 38.3 Å². The molecule has 1 aliphatic heterocycles. The van der Waals surface area contributed by atoms with Gasteiger partial charge in [-0.05, 0) is 88.6 Å². The smallest absolute Gasteiger partial charge is 0.305 e. The molecular formula is C37H53N3O4. The van der Waals surface area contributed by atoms with Crippen molar-refractivity contribution < 1.29 is 19.1 Å². The highest BCUT2D eigenvalue weighted by Gasteiger charge is 2.25. The third-order valence-electron chi connectivity index (χ3n) is 9.46. The van der Waals surface area contributed by atoms with Gasteiger partial charge >= 0.3 is 5.97 Å². The number of carbonyl (C=O) groups excluding carboxylic acids is 3. The number of aryl methyl sites for hydroxylation is 2. The lowest BCUT2D eigenvalue weighted by Crippen LogP contribution is -2.44. The molecule has 7 heteroatoms. The van der Waals surface area contributed by atoms with E-state index in [1.54, 1.807) is 0 Å². The van der Waals surface area contributed by atoms with Crippen LogP contribution in [0.3, 0.4) is 0 Å². The summed E-state index contributed by atoms with van der Waals surface area (Å²) in [4.78, 5) is 44.0. The van der Waals surface area contributed by atoms with Gasteiger partial charge in [-0.25, -0.2) is 0 Å². The molecule has 0 atom stereocenters. The molecule has 0 spiro atoms. The van der Waals surface area contributed by atoms with E-state index in [4.69, 9.17) is 4.74 Å². The summed E-state index contributed by atoms with van der Waals surface area (Å²) in [5.74, 6) is 0.625. The fourth-order valence-corrected chi connectivity index (χ4v) is 6.91. The molecule has 0 bridgehead atoms. The van der Waals surface area contributed by atoms with Crippen LogP contribution < -0.4 is 9.80 Å². The lowest BCUT2D eigenvalue weighted by Gasteiger charge is -2.37. The molecule has 0 N–H and O–H groups in total. The van der Waals surface area contributed by atoms with Crippen molar-refractivity contribution in [1.82, 2.24) is 4.90 Å². The van der Waals surface area contributed by atoms with Gasteiger partial charge in [-0.1, -0.05) is 68.0 Å². The minimum atomic E-state index is -0.200. The summed E-state index contributed by atoms with van der Waals surface area (Å²) in [5.41, 5.74) is 4.35. The van der Waals surface area contributed by atoms with Crippen LogP contribution in [0.15, 0.2) is 48.5 Å². The quantitative estimate of drug-likeness (QED) is 0.151. The van der Waals surface area contributed by atoms with Crippen molar-refractivity contribution in [3.8, 4) is 0 Å². The van der Waals surface area contributed by atoms with Crippen LogP contribution in [0.5, 0.6) is 0 Å². The Hall–Kier alpha value is -3.19. The van der Waals surface area contributed by atoms with Crippen LogP contribution in [0, 0.1) is 12.8 Å². The summed E-state index contributed by atoms with van der Waals surface area (Å²) < 4.78 is 5.14. The van der Waals surface area contributed by atoms with E-state index >= 15 is 0 Å². The summed E-state index contributed by atoms with van der Waals surface area (Å²) >= 11 is 0. The number of para-hydroxylation sites is 1. The van der Waals surface area contributed by atoms with Crippen LogP contribution >= 0.6 is 0 Å². The van der Waals surface area contributed by atoms with E-state index in [1.807, 2.05) is 34.9 Å². The summed E-state index contributed by atoms with van der Waals surface area (Å²) in [6.07, 6.45) is 13.6. The van der Waals surface area contributed by atoms with Crippen LogP contribution in [0.25, 0.3) is 0 Å². The minimum absolute atomic E-state index is 0.169. The molecule has 0 radical (unpaired) electrons. The molecule has 240 valence electrons. The Morgan fingerprint density at radius 2 is 1.66 bits per heavy atom. The minimum Gasteiger partial charge on any atom is -0.466 e. The van der Waals surface area contributed by atoms with Crippen molar-refractivity contribution in [3.05, 3.63) is 59.7 Å². The van der Waals surface area contributed by atoms with Gasteiger partial charge in [-0.2, -0.15) is 0 Å². The summed E-state index contributed by atoms with van der Waals surface area (Å²) in [5, 5.41) is 0. The normalized spacial score (nSPS) is 16.4. The number of ether oxygens (including phenoxy) is 1. The number of benzene rings is 2. The molecule has 1 saturated carbocycles. The monoisotopic (exact) mass is 603 g/mol. The number of carbonyl (C=O) groups is 3. The van der Waals surface area contributed by atoms with Gasteiger partial charge in [0.25, 0.3) is 0 Å². The number of piperidine rings is 1. The number of likely N-dealkylation sites (tertiary alicyclic amines) is 1. The van der Waals surface area contributed by atoms with Crippen LogP contribution in [0.4, 0.5) is 11.4 Å². The van der Waals surface area contributed by atoms with E-state index in [-0.39, 0.29) is 17.9 Å². The first-order valence-corrected chi connectivity index (χ1v) is 17.0. The van der Waals surface area contributed by atoms with E-state index in [0.717, 1.165) is 69.5 Å². The predicted octanol–water partition coefficient (Wildman–Crippen LogP) is 7.09. The first kappa shape index (κ1) is 33.7. The molecule has 0 aromatic heterocycles. The Morgan fingerprint density at radius 3 is 2.36 bits per heavy atom. The maximum atomic E-state index is 13.7. The third-order valence-corrected chi connectivity index (χ3v) is 9.46. The van der Waals surface area contributed by atoms with Crippen LogP contribution in [-0.2, 0) is 25.5 Å². The molecule has 1 aliphatic carbocycles. The van der Waals surface area contributed by atoms with Gasteiger partial charge in [0.05, 0.1) is 6.61 Å². The molecule has 1 saturated heterocycles. The standard InChI is InChI=1S/C37H53N3O4/c1-3-44-37(43)16-10-26-39(36(42)22-19-31-11-5-4-6-12-31)35-15-8-7-13-32(35)14-9-25-38-27-23-34(24-28-38)40(29-41)33-20-17-30(2)18-21-33/h7-8,13,15,17-18,20-21,29,31,34H,3-6,9-12,14,16,19,22-28H2,1-2H3. The fraction of sp³-hybridized carbons (Fsp3) is 0.595. The van der Waals surface area contributed by atoms with E-state index in [2.05, 4.69) is 42.2 Å². The molecule has 1 heterocycles. The zero-order chi connectivity index (χ0) is 31.1. The SMILES string of the molecule is CCOC(=O)CCCN(C(=O)CCC1CCCCC1)c1ccccc1CCCN1CCC(N(C=O)c2ccc(C)cc2)CC1. The zero-order valence-corrected chi connectivity index (χ0v) is 27.1. The number of amides is 2. The van der Waals surface area contributed by atoms with Crippen molar-refractivity contribution in [3.63, 3.8) is 0 Å². The third kappa shape index (κ3) is 10.2. The molecule has 4 rings (SSSR count). The largest absolute Gasteiger partial charge is 0.466 e. The molecule has 2 amide bonds. The fourth-order valence-electron chi connectivity index (χ4n) is 6.91. The molecular weight excluding hydrogens is 550 g/mol. The number of hydrogen-bond donors (Lipinski definition) is 0. The lowest BCUT2D eigenvalue weighted by atomic mass is 9.86. The zero-order valence-electron chi connectivity index (χ0n) is 27.1. The Morgan fingerprint density at radius 1 is 0.932 bits per heavy atom. The Balaban J connectivity index is 1.32. The first-order chi connectivity index (χ1) is 21.5. The van der Waals surface area contributed by atoms with Crippen molar-refractivity contribution in [2.45, 2.75) is 103 Å². The molecule has 44 heavy (non-hydrogen) atoms. The van der Waals surface area contributed by atoms with Crippen LogP contribution in [0.1, 0.15) is 95.1 Å². The number of nitrogens with zero attached hydrogens (tertiary/aromatic N) is 3. The second-order valence-electron chi connectivity index (χ2n) is 12.6. The molecule has 7 nitrogen and oxygen atoms in total. The molecule has 0 unspecified atom stereocenters. The Kier molecular flexibility index (Phi) is 13.7. The molecule has 2 aromatic rings. The second-order valence-corrected chi connectivity index (χ2v) is 12.6. The Labute approximate surface area is 264 Å². The number of hydrogen-bond acceptors (Lipinski definition) is 5. The van der Waals surface area contributed by atoms with E-state index in [9.17, 15) is 14.4 Å². The summed E-state index contributed by atoms with van der Waals surface area (Å²) in [6, 6.07) is 16.7. The average molecular weight is 604 g/mol. The summed E-state index contributed by atoms with van der Waals surface area (Å²) in [6.45, 7) is 7.73. The highest BCUT2D eigenvalue weighted by Crippen LogP contribution is 2.29. The summed E-state index contributed by atoms with van der Waals surface area (Å²) in [7, 11) is 0. The van der Waals surface area contributed by atoms with E-state index < -0.39 is 0 Å². The highest BCUT2D eigenvalue weighted by molar-refractivity contribution is 5.94. The van der Waals surface area contributed by atoms with E-state index in [1.165, 1.54) is 43.2 Å². The average Bonchev–Trinajstić information content (AvgIpc) is 3.05. The lowest BCUT2D eigenvalue weighted by molar-refractivity contribution is -0.143. The molecule has 2 aliphatic rings. The van der Waals surface area contributed by atoms with Crippen molar-refractivity contribution in [2.75, 3.05) is 42.6 Å². The van der Waals surface area contributed by atoms with Gasteiger partial charge in [0.15, 0.2) is 0 Å². The Bertz CT molecular complexity index is 1170. The predicted molar refractivity (Wildman–Crippen MR) is 178 cm³/mol. The van der Waals surface area contributed by atoms with Gasteiger partial charge in [-0.15, -0.1) is 0 Å². The van der Waals surface area contributed by atoms with Crippen molar-refractivity contribution in [1.29, 1.82) is 0 Å². The maximum absolute atomic E-state index is 13.7. The van der Waals surface area contributed by atoms with Gasteiger partial charge < -0.3 is 19.4 Å². The van der Waals surface area contributed by atoms with Crippen molar-refractivity contribution in [2.24, 2.45) is 5.92 Å². The van der Waals surface area contributed by atoms with Gasteiger partial charge in [-0.3, -0.25) is 14.4 Å². The van der Waals surface area contributed by atoms with Gasteiger partial charge in [0, 0.05) is 49.9 Å². The number of esters is 1. The van der Waals surface area contributed by atoms with Crippen molar-refractivity contribution >= 4 is 29.7 Å². The second kappa shape index (κ2) is 17.9. The highest BCUT2D eigenvalue weighted by atomic mass is 16.5. The topological polar surface area (TPSA) is 70.2 Å². The van der Waals surface area contributed by atoms with Crippen LogP contribution in [0.2, 0.25) is 0 Å². The number of anilines is 2. The maximum Gasteiger partial charge on any atom is 0.305 e.